The highest BCUT2D eigenvalue weighted by Gasteiger charge is 2.17. The first-order valence-corrected chi connectivity index (χ1v) is 8.13. The molecule has 128 valence electrons. The molecule has 1 atom stereocenters. The summed E-state index contributed by atoms with van der Waals surface area (Å²) in [6.45, 7) is 6.23. The van der Waals surface area contributed by atoms with Crippen LogP contribution in [0.15, 0.2) is 18.2 Å². The number of fused-ring (bicyclic) bond motifs is 1. The van der Waals surface area contributed by atoms with E-state index in [1.165, 1.54) is 0 Å². The van der Waals surface area contributed by atoms with Crippen molar-refractivity contribution >= 4 is 5.91 Å². The van der Waals surface area contributed by atoms with E-state index in [4.69, 9.17) is 9.47 Å². The summed E-state index contributed by atoms with van der Waals surface area (Å²) in [4.78, 5) is 12.3. The lowest BCUT2D eigenvalue weighted by molar-refractivity contribution is -0.121. The Balaban J connectivity index is 1.58. The maximum atomic E-state index is 12.3. The Bertz CT molecular complexity index is 767. The Morgan fingerprint density at radius 1 is 1.33 bits per heavy atom. The van der Waals surface area contributed by atoms with Gasteiger partial charge in [-0.2, -0.15) is 5.10 Å². The van der Waals surface area contributed by atoms with Crippen molar-refractivity contribution in [1.29, 1.82) is 0 Å². The molecule has 2 heterocycles. The minimum atomic E-state index is -0.0805. The molecule has 6 heteroatoms. The Hall–Kier alpha value is -2.50. The highest BCUT2D eigenvalue weighted by atomic mass is 16.7. The molecular formula is C18H23N3O3. The fraction of sp³-hybridized carbons (Fsp3) is 0.444. The molecule has 0 saturated heterocycles. The number of amides is 1. The average Bonchev–Trinajstić information content (AvgIpc) is 3.10. The molecular weight excluding hydrogens is 306 g/mol. The summed E-state index contributed by atoms with van der Waals surface area (Å²) in [5.74, 6) is 1.51. The number of carbonyl (C=O) groups is 1. The highest BCUT2D eigenvalue weighted by Crippen LogP contribution is 2.34. The third-order valence-corrected chi connectivity index (χ3v) is 4.54. The predicted octanol–water partition coefficient (Wildman–Crippen LogP) is 2.58. The van der Waals surface area contributed by atoms with Gasteiger partial charge in [0.05, 0.1) is 11.7 Å². The van der Waals surface area contributed by atoms with E-state index in [9.17, 15) is 4.79 Å². The van der Waals surface area contributed by atoms with Gasteiger partial charge in [-0.3, -0.25) is 9.48 Å². The van der Waals surface area contributed by atoms with Gasteiger partial charge in [-0.15, -0.1) is 0 Å². The van der Waals surface area contributed by atoms with Crippen LogP contribution in [-0.4, -0.2) is 22.5 Å². The number of rotatable bonds is 5. The van der Waals surface area contributed by atoms with Gasteiger partial charge in [0.25, 0.3) is 0 Å². The first-order valence-electron chi connectivity index (χ1n) is 8.13. The van der Waals surface area contributed by atoms with Gasteiger partial charge in [-0.25, -0.2) is 0 Å². The zero-order valence-corrected chi connectivity index (χ0v) is 14.5. The molecule has 1 amide bonds. The second-order valence-corrected chi connectivity index (χ2v) is 6.17. The van der Waals surface area contributed by atoms with Crippen LogP contribution in [0, 0.1) is 13.8 Å². The van der Waals surface area contributed by atoms with E-state index in [0.717, 1.165) is 34.0 Å². The Morgan fingerprint density at radius 2 is 2.08 bits per heavy atom. The highest BCUT2D eigenvalue weighted by molar-refractivity contribution is 5.76. The van der Waals surface area contributed by atoms with Crippen molar-refractivity contribution in [3.05, 3.63) is 40.7 Å². The number of ether oxygens (including phenoxy) is 2. The van der Waals surface area contributed by atoms with Gasteiger partial charge < -0.3 is 14.8 Å². The van der Waals surface area contributed by atoms with E-state index in [0.29, 0.717) is 12.8 Å². The molecule has 0 bridgehead atoms. The van der Waals surface area contributed by atoms with Crippen LogP contribution >= 0.6 is 0 Å². The standard InChI is InChI=1S/C18H23N3O3/c1-11(14-5-7-16-17(9-14)24-10-23-16)19-18(22)8-6-15-12(2)20-21(4)13(15)3/h5,7,9,11H,6,8,10H2,1-4H3,(H,19,22)/t11-/m0/s1. The van der Waals surface area contributed by atoms with Crippen LogP contribution < -0.4 is 14.8 Å². The number of hydrogen-bond donors (Lipinski definition) is 1. The molecule has 1 aromatic heterocycles. The number of carbonyl (C=O) groups excluding carboxylic acids is 1. The van der Waals surface area contributed by atoms with Gasteiger partial charge in [0, 0.05) is 19.2 Å². The lowest BCUT2D eigenvalue weighted by Crippen LogP contribution is -2.26. The van der Waals surface area contributed by atoms with Crippen LogP contribution in [0.3, 0.4) is 0 Å². The Morgan fingerprint density at radius 3 is 2.79 bits per heavy atom. The summed E-state index contributed by atoms with van der Waals surface area (Å²) >= 11 is 0. The van der Waals surface area contributed by atoms with Crippen LogP contribution in [0.25, 0.3) is 0 Å². The topological polar surface area (TPSA) is 65.4 Å². The monoisotopic (exact) mass is 329 g/mol. The SMILES string of the molecule is Cc1nn(C)c(C)c1CCC(=O)N[C@@H](C)c1ccc2c(c1)OCO2. The van der Waals surface area contributed by atoms with E-state index in [2.05, 4.69) is 10.4 Å². The molecule has 0 radical (unpaired) electrons. The van der Waals surface area contributed by atoms with Crippen molar-refractivity contribution < 1.29 is 14.3 Å². The summed E-state index contributed by atoms with van der Waals surface area (Å²) in [6.07, 6.45) is 1.15. The quantitative estimate of drug-likeness (QED) is 0.916. The molecule has 1 aliphatic heterocycles. The van der Waals surface area contributed by atoms with Crippen molar-refractivity contribution in [3.63, 3.8) is 0 Å². The Kier molecular flexibility index (Phi) is 4.46. The summed E-state index contributed by atoms with van der Waals surface area (Å²) < 4.78 is 12.6. The van der Waals surface area contributed by atoms with E-state index in [-0.39, 0.29) is 18.7 Å². The minimum absolute atomic E-state index is 0.0304. The van der Waals surface area contributed by atoms with Crippen molar-refractivity contribution in [3.8, 4) is 11.5 Å². The zero-order valence-electron chi connectivity index (χ0n) is 14.5. The third-order valence-electron chi connectivity index (χ3n) is 4.54. The number of aromatic nitrogens is 2. The Labute approximate surface area is 141 Å². The fourth-order valence-corrected chi connectivity index (χ4v) is 3.00. The molecule has 1 N–H and O–H groups in total. The molecule has 0 fully saturated rings. The van der Waals surface area contributed by atoms with E-state index >= 15 is 0 Å². The van der Waals surface area contributed by atoms with Gasteiger partial charge in [0.2, 0.25) is 12.7 Å². The second kappa shape index (κ2) is 6.55. The van der Waals surface area contributed by atoms with Crippen LogP contribution in [0.5, 0.6) is 11.5 Å². The van der Waals surface area contributed by atoms with Crippen molar-refractivity contribution in [2.45, 2.75) is 39.7 Å². The zero-order chi connectivity index (χ0) is 17.3. The van der Waals surface area contributed by atoms with E-state index in [1.54, 1.807) is 0 Å². The third kappa shape index (κ3) is 3.22. The maximum absolute atomic E-state index is 12.3. The molecule has 0 unspecified atom stereocenters. The molecule has 2 aromatic rings. The lowest BCUT2D eigenvalue weighted by Gasteiger charge is -2.15. The molecule has 3 rings (SSSR count). The number of aryl methyl sites for hydroxylation is 2. The van der Waals surface area contributed by atoms with Crippen molar-refractivity contribution in [1.82, 2.24) is 15.1 Å². The predicted molar refractivity (Wildman–Crippen MR) is 90.1 cm³/mol. The first-order chi connectivity index (χ1) is 11.5. The normalized spacial score (nSPS) is 13.8. The number of hydrogen-bond acceptors (Lipinski definition) is 4. The van der Waals surface area contributed by atoms with E-state index < -0.39 is 0 Å². The fourth-order valence-electron chi connectivity index (χ4n) is 3.00. The van der Waals surface area contributed by atoms with Gasteiger partial charge in [-0.1, -0.05) is 6.07 Å². The summed E-state index contributed by atoms with van der Waals surface area (Å²) in [6, 6.07) is 5.67. The summed E-state index contributed by atoms with van der Waals surface area (Å²) in [5.41, 5.74) is 4.26. The first kappa shape index (κ1) is 16.4. The van der Waals surface area contributed by atoms with Gasteiger partial charge in [0.1, 0.15) is 0 Å². The van der Waals surface area contributed by atoms with Gasteiger partial charge >= 0.3 is 0 Å². The second-order valence-electron chi connectivity index (χ2n) is 6.17. The van der Waals surface area contributed by atoms with Crippen LogP contribution in [0.4, 0.5) is 0 Å². The summed E-state index contributed by atoms with van der Waals surface area (Å²) in [7, 11) is 1.92. The average molecular weight is 329 g/mol. The van der Waals surface area contributed by atoms with Crippen molar-refractivity contribution in [2.24, 2.45) is 7.05 Å². The molecule has 1 aromatic carbocycles. The summed E-state index contributed by atoms with van der Waals surface area (Å²) in [5, 5.41) is 7.43. The molecule has 24 heavy (non-hydrogen) atoms. The smallest absolute Gasteiger partial charge is 0.231 e. The largest absolute Gasteiger partial charge is 0.454 e. The number of benzene rings is 1. The van der Waals surface area contributed by atoms with Crippen molar-refractivity contribution in [2.75, 3.05) is 6.79 Å². The van der Waals surface area contributed by atoms with Gasteiger partial charge in [0.15, 0.2) is 11.5 Å². The van der Waals surface area contributed by atoms with Crippen LogP contribution in [-0.2, 0) is 18.3 Å². The minimum Gasteiger partial charge on any atom is -0.454 e. The maximum Gasteiger partial charge on any atom is 0.231 e. The molecule has 0 spiro atoms. The lowest BCUT2D eigenvalue weighted by atomic mass is 10.1. The van der Waals surface area contributed by atoms with Gasteiger partial charge in [-0.05, 0) is 50.5 Å². The van der Waals surface area contributed by atoms with Crippen LogP contribution in [0.1, 0.15) is 41.9 Å². The molecule has 6 nitrogen and oxygen atoms in total. The van der Waals surface area contributed by atoms with E-state index in [1.807, 2.05) is 50.7 Å². The molecule has 0 aliphatic carbocycles. The number of nitrogens with zero attached hydrogens (tertiary/aromatic N) is 2. The molecule has 1 aliphatic rings. The number of nitrogens with one attached hydrogen (secondary N) is 1. The van der Waals surface area contributed by atoms with Crippen LogP contribution in [0.2, 0.25) is 0 Å². The molecule has 0 saturated carbocycles.